The van der Waals surface area contributed by atoms with E-state index >= 15 is 0 Å². The molecule has 2 aromatic carbocycles. The second-order valence-electron chi connectivity index (χ2n) is 4.28. The highest BCUT2D eigenvalue weighted by molar-refractivity contribution is 7.80. The second-order valence-corrected chi connectivity index (χ2v) is 4.69. The van der Waals surface area contributed by atoms with Crippen molar-refractivity contribution in [1.82, 2.24) is 5.32 Å². The van der Waals surface area contributed by atoms with Crippen LogP contribution in [-0.4, -0.2) is 17.0 Å². The van der Waals surface area contributed by atoms with Gasteiger partial charge in [-0.05, 0) is 54.2 Å². The van der Waals surface area contributed by atoms with Crippen molar-refractivity contribution in [3.63, 3.8) is 0 Å². The van der Waals surface area contributed by atoms with Crippen molar-refractivity contribution in [2.45, 2.75) is 0 Å². The lowest BCUT2D eigenvalue weighted by molar-refractivity contribution is -0.255. The summed E-state index contributed by atoms with van der Waals surface area (Å²) in [7, 11) is 0. The van der Waals surface area contributed by atoms with Crippen molar-refractivity contribution in [3.05, 3.63) is 65.5 Å². The number of anilines is 1. The number of carboxylic acids is 1. The molecule has 0 aliphatic carbocycles. The van der Waals surface area contributed by atoms with E-state index in [1.807, 2.05) is 0 Å². The summed E-state index contributed by atoms with van der Waals surface area (Å²) in [5.74, 6) is -2.20. The van der Waals surface area contributed by atoms with Crippen molar-refractivity contribution in [3.8, 4) is 0 Å². The van der Waals surface area contributed by atoms with Crippen LogP contribution in [0.2, 0.25) is 0 Å². The van der Waals surface area contributed by atoms with Crippen molar-refractivity contribution >= 4 is 34.9 Å². The fourth-order valence-corrected chi connectivity index (χ4v) is 1.84. The molecule has 2 aromatic rings. The SMILES string of the molecule is O=C([O-])c1ccc(NC(=S)NC(=O)c2ccc(F)cc2)cc1. The van der Waals surface area contributed by atoms with Crippen LogP contribution in [0.4, 0.5) is 10.1 Å². The zero-order valence-electron chi connectivity index (χ0n) is 11.1. The van der Waals surface area contributed by atoms with Crippen LogP contribution in [0.3, 0.4) is 0 Å². The van der Waals surface area contributed by atoms with E-state index in [4.69, 9.17) is 12.2 Å². The average Bonchev–Trinajstić information content (AvgIpc) is 2.48. The lowest BCUT2D eigenvalue weighted by Crippen LogP contribution is -2.34. The van der Waals surface area contributed by atoms with E-state index in [0.29, 0.717) is 5.69 Å². The first-order valence-electron chi connectivity index (χ1n) is 6.15. The monoisotopic (exact) mass is 317 g/mol. The molecule has 0 spiro atoms. The number of thiocarbonyl (C=S) groups is 1. The Labute approximate surface area is 130 Å². The number of aromatic carboxylic acids is 1. The summed E-state index contributed by atoms with van der Waals surface area (Å²) >= 11 is 4.98. The van der Waals surface area contributed by atoms with Crippen LogP contribution in [0.15, 0.2) is 48.5 Å². The molecule has 0 saturated carbocycles. The molecule has 0 saturated heterocycles. The third-order valence-electron chi connectivity index (χ3n) is 2.71. The number of nitrogens with one attached hydrogen (secondary N) is 2. The van der Waals surface area contributed by atoms with Gasteiger partial charge in [-0.3, -0.25) is 10.1 Å². The van der Waals surface area contributed by atoms with Crippen LogP contribution < -0.4 is 15.7 Å². The number of rotatable bonds is 3. The maximum Gasteiger partial charge on any atom is 0.257 e. The smallest absolute Gasteiger partial charge is 0.257 e. The molecule has 0 heterocycles. The maximum absolute atomic E-state index is 12.8. The summed E-state index contributed by atoms with van der Waals surface area (Å²) in [6.07, 6.45) is 0. The van der Waals surface area contributed by atoms with Crippen LogP contribution in [0.25, 0.3) is 0 Å². The number of halogens is 1. The Morgan fingerprint density at radius 2 is 1.50 bits per heavy atom. The van der Waals surface area contributed by atoms with E-state index in [1.54, 1.807) is 0 Å². The van der Waals surface area contributed by atoms with Crippen LogP contribution in [0.1, 0.15) is 20.7 Å². The van der Waals surface area contributed by atoms with Crippen LogP contribution in [0, 0.1) is 5.82 Å². The molecule has 5 nitrogen and oxygen atoms in total. The minimum atomic E-state index is -1.28. The number of carbonyl (C=O) groups excluding carboxylic acids is 2. The van der Waals surface area contributed by atoms with Gasteiger partial charge in [0, 0.05) is 11.3 Å². The third-order valence-corrected chi connectivity index (χ3v) is 2.92. The largest absolute Gasteiger partial charge is 0.545 e. The number of benzene rings is 2. The molecule has 0 aliphatic heterocycles. The van der Waals surface area contributed by atoms with Gasteiger partial charge in [-0.2, -0.15) is 0 Å². The lowest BCUT2D eigenvalue weighted by Gasteiger charge is -2.10. The van der Waals surface area contributed by atoms with Crippen molar-refractivity contribution in [1.29, 1.82) is 0 Å². The summed E-state index contributed by atoms with van der Waals surface area (Å²) in [4.78, 5) is 22.5. The van der Waals surface area contributed by atoms with Crippen LogP contribution in [-0.2, 0) is 0 Å². The third kappa shape index (κ3) is 4.10. The summed E-state index contributed by atoms with van der Waals surface area (Å²) in [5, 5.41) is 15.8. The predicted molar refractivity (Wildman–Crippen MR) is 80.9 cm³/mol. The summed E-state index contributed by atoms with van der Waals surface area (Å²) < 4.78 is 12.8. The molecule has 1 amide bonds. The molecule has 2 rings (SSSR count). The van der Waals surface area contributed by atoms with E-state index in [0.717, 1.165) is 0 Å². The highest BCUT2D eigenvalue weighted by Gasteiger charge is 2.08. The molecule has 0 aromatic heterocycles. The molecule has 0 atom stereocenters. The number of carboxylic acid groups (broad SMARTS) is 1. The van der Waals surface area contributed by atoms with Gasteiger partial charge >= 0.3 is 0 Å². The highest BCUT2D eigenvalue weighted by atomic mass is 32.1. The molecular weight excluding hydrogens is 307 g/mol. The van der Waals surface area contributed by atoms with Gasteiger partial charge < -0.3 is 15.2 Å². The molecular formula is C15H10FN2O3S-. The summed E-state index contributed by atoms with van der Waals surface area (Å²) in [5.41, 5.74) is 0.805. The van der Waals surface area contributed by atoms with Gasteiger partial charge in [0.1, 0.15) is 5.82 Å². The first kappa shape index (κ1) is 15.6. The van der Waals surface area contributed by atoms with E-state index < -0.39 is 17.7 Å². The number of hydrogen-bond donors (Lipinski definition) is 2. The molecule has 0 radical (unpaired) electrons. The molecule has 112 valence electrons. The normalized spacial score (nSPS) is 9.86. The fourth-order valence-electron chi connectivity index (χ4n) is 1.63. The first-order chi connectivity index (χ1) is 10.5. The van der Waals surface area contributed by atoms with Gasteiger partial charge in [0.05, 0.1) is 5.97 Å². The molecule has 0 bridgehead atoms. The van der Waals surface area contributed by atoms with E-state index in [-0.39, 0.29) is 16.2 Å². The highest BCUT2D eigenvalue weighted by Crippen LogP contribution is 2.09. The van der Waals surface area contributed by atoms with Gasteiger partial charge in [-0.25, -0.2) is 4.39 Å². The average molecular weight is 317 g/mol. The van der Waals surface area contributed by atoms with Gasteiger partial charge in [0.2, 0.25) is 0 Å². The molecule has 7 heteroatoms. The standard InChI is InChI=1S/C15H11FN2O3S/c16-11-5-1-9(2-6-11)13(19)18-15(22)17-12-7-3-10(4-8-12)14(20)21/h1-8H,(H,20,21)(H2,17,18,19,22)/p-1. The van der Waals surface area contributed by atoms with Crippen LogP contribution >= 0.6 is 12.2 Å². The predicted octanol–water partition coefficient (Wildman–Crippen LogP) is 1.32. The van der Waals surface area contributed by atoms with E-state index in [1.165, 1.54) is 48.5 Å². The van der Waals surface area contributed by atoms with Crippen molar-refractivity contribution in [2.24, 2.45) is 0 Å². The molecule has 0 unspecified atom stereocenters. The molecule has 0 aliphatic rings. The summed E-state index contributed by atoms with van der Waals surface area (Å²) in [6, 6.07) is 10.7. The quantitative estimate of drug-likeness (QED) is 0.835. The first-order valence-corrected chi connectivity index (χ1v) is 6.56. The van der Waals surface area contributed by atoms with Gasteiger partial charge in [0.25, 0.3) is 5.91 Å². The Morgan fingerprint density at radius 1 is 0.955 bits per heavy atom. The Kier molecular flexibility index (Phi) is 4.80. The van der Waals surface area contributed by atoms with Crippen LogP contribution in [0.5, 0.6) is 0 Å². The minimum Gasteiger partial charge on any atom is -0.545 e. The zero-order valence-corrected chi connectivity index (χ0v) is 11.9. The van der Waals surface area contributed by atoms with Crippen molar-refractivity contribution in [2.75, 3.05) is 5.32 Å². The molecule has 0 fully saturated rings. The van der Waals surface area contributed by atoms with E-state index in [2.05, 4.69) is 10.6 Å². The Morgan fingerprint density at radius 3 is 2.05 bits per heavy atom. The zero-order chi connectivity index (χ0) is 16.1. The number of hydrogen-bond acceptors (Lipinski definition) is 4. The van der Waals surface area contributed by atoms with Gasteiger partial charge in [-0.1, -0.05) is 12.1 Å². The second kappa shape index (κ2) is 6.77. The van der Waals surface area contributed by atoms with E-state index in [9.17, 15) is 19.1 Å². The maximum atomic E-state index is 12.8. The Hall–Kier alpha value is -2.80. The fraction of sp³-hybridized carbons (Fsp3) is 0. The summed E-state index contributed by atoms with van der Waals surface area (Å²) in [6.45, 7) is 0. The lowest BCUT2D eigenvalue weighted by atomic mass is 10.2. The van der Waals surface area contributed by atoms with Crippen molar-refractivity contribution < 1.29 is 19.1 Å². The van der Waals surface area contributed by atoms with Gasteiger partial charge in [-0.15, -0.1) is 0 Å². The van der Waals surface area contributed by atoms with Gasteiger partial charge in [0.15, 0.2) is 5.11 Å². The Bertz CT molecular complexity index is 715. The number of amides is 1. The minimum absolute atomic E-state index is 0.0341. The molecule has 22 heavy (non-hydrogen) atoms. The Balaban J connectivity index is 1.96. The topological polar surface area (TPSA) is 81.3 Å². The number of carbonyl (C=O) groups is 2. The molecule has 2 N–H and O–H groups in total.